The Labute approximate surface area is 118 Å². The zero-order valence-electron chi connectivity index (χ0n) is 10.6. The number of hydrogen-bond acceptors (Lipinski definition) is 5. The molecular formula is C14H10N4OS. The molecule has 0 aliphatic heterocycles. The van der Waals surface area contributed by atoms with Crippen LogP contribution in [0.15, 0.2) is 47.1 Å². The van der Waals surface area contributed by atoms with Gasteiger partial charge in [0.2, 0.25) is 4.96 Å². The van der Waals surface area contributed by atoms with E-state index >= 15 is 0 Å². The average Bonchev–Trinajstić information content (AvgIpc) is 3.14. The van der Waals surface area contributed by atoms with Crippen molar-refractivity contribution in [1.29, 1.82) is 0 Å². The van der Waals surface area contributed by atoms with Crippen molar-refractivity contribution < 1.29 is 4.42 Å². The minimum Gasteiger partial charge on any atom is -0.462 e. The van der Waals surface area contributed by atoms with E-state index in [1.807, 2.05) is 24.3 Å². The minimum atomic E-state index is 0.746. The van der Waals surface area contributed by atoms with E-state index in [0.717, 1.165) is 27.1 Å². The Morgan fingerprint density at radius 1 is 1.15 bits per heavy atom. The Hall–Kier alpha value is -2.47. The van der Waals surface area contributed by atoms with E-state index in [-0.39, 0.29) is 0 Å². The Bertz CT molecular complexity index is 876. The maximum absolute atomic E-state index is 5.37. The monoisotopic (exact) mass is 282 g/mol. The average molecular weight is 282 g/mol. The minimum absolute atomic E-state index is 0.746. The third-order valence-electron chi connectivity index (χ3n) is 3.00. The van der Waals surface area contributed by atoms with Crippen LogP contribution in [0.4, 0.5) is 0 Å². The molecule has 0 amide bonds. The molecule has 0 spiro atoms. The number of hydrogen-bond donors (Lipinski definition) is 0. The zero-order valence-corrected chi connectivity index (χ0v) is 11.5. The molecule has 0 atom stereocenters. The van der Waals surface area contributed by atoms with Gasteiger partial charge in [0.1, 0.15) is 0 Å². The van der Waals surface area contributed by atoms with Crippen molar-refractivity contribution in [2.24, 2.45) is 0 Å². The molecule has 6 heteroatoms. The van der Waals surface area contributed by atoms with E-state index in [1.54, 1.807) is 10.8 Å². The topological polar surface area (TPSA) is 56.2 Å². The molecule has 0 radical (unpaired) electrons. The van der Waals surface area contributed by atoms with Gasteiger partial charge in [-0.2, -0.15) is 4.52 Å². The molecule has 20 heavy (non-hydrogen) atoms. The highest BCUT2D eigenvalue weighted by molar-refractivity contribution is 7.19. The van der Waals surface area contributed by atoms with Gasteiger partial charge in [-0.3, -0.25) is 0 Å². The molecule has 0 unspecified atom stereocenters. The summed E-state index contributed by atoms with van der Waals surface area (Å²) in [4.78, 5) is 0.757. The van der Waals surface area contributed by atoms with Crippen LogP contribution in [0.5, 0.6) is 0 Å². The van der Waals surface area contributed by atoms with E-state index in [1.165, 1.54) is 16.9 Å². The highest BCUT2D eigenvalue weighted by Crippen LogP contribution is 2.28. The van der Waals surface area contributed by atoms with Crippen LogP contribution in [0.2, 0.25) is 0 Å². The molecule has 98 valence electrons. The fraction of sp³-hybridized carbons (Fsp3) is 0.0714. The highest BCUT2D eigenvalue weighted by atomic mass is 32.1. The summed E-state index contributed by atoms with van der Waals surface area (Å²) in [6.45, 7) is 2.05. The molecule has 4 aromatic rings. The summed E-state index contributed by atoms with van der Waals surface area (Å²) in [6.07, 6.45) is 1.64. The van der Waals surface area contributed by atoms with Crippen LogP contribution in [-0.4, -0.2) is 19.8 Å². The summed E-state index contributed by atoms with van der Waals surface area (Å²) in [6, 6.07) is 11.9. The quantitative estimate of drug-likeness (QED) is 0.565. The molecule has 4 rings (SSSR count). The normalized spacial score (nSPS) is 11.2. The number of furan rings is 1. The first kappa shape index (κ1) is 11.4. The molecule has 3 heterocycles. The van der Waals surface area contributed by atoms with E-state index in [2.05, 4.69) is 34.4 Å². The van der Waals surface area contributed by atoms with Gasteiger partial charge >= 0.3 is 0 Å². The lowest BCUT2D eigenvalue weighted by Crippen LogP contribution is -1.91. The third kappa shape index (κ3) is 1.73. The summed E-state index contributed by atoms with van der Waals surface area (Å²) in [5.41, 5.74) is 2.19. The number of nitrogens with zero attached hydrogens (tertiary/aromatic N) is 4. The number of aromatic nitrogens is 4. The predicted molar refractivity (Wildman–Crippen MR) is 76.5 cm³/mol. The van der Waals surface area contributed by atoms with Crippen LogP contribution >= 0.6 is 11.3 Å². The number of aryl methyl sites for hydroxylation is 1. The molecule has 0 fully saturated rings. The van der Waals surface area contributed by atoms with Crippen LogP contribution in [0.25, 0.3) is 27.1 Å². The molecule has 0 bridgehead atoms. The zero-order chi connectivity index (χ0) is 13.5. The molecule has 3 aromatic heterocycles. The fourth-order valence-corrected chi connectivity index (χ4v) is 2.89. The highest BCUT2D eigenvalue weighted by Gasteiger charge is 2.15. The third-order valence-corrected chi connectivity index (χ3v) is 3.91. The van der Waals surface area contributed by atoms with Crippen molar-refractivity contribution in [2.45, 2.75) is 6.92 Å². The maximum Gasteiger partial charge on any atom is 0.235 e. The molecular weight excluding hydrogens is 272 g/mol. The first-order valence-corrected chi connectivity index (χ1v) is 6.96. The standard InChI is InChI=1S/C14H10N4OS/c1-9-4-2-5-10(8-9)12-15-16-14-18(12)17-13(20-14)11-6-3-7-19-11/h2-8H,1H3. The Morgan fingerprint density at radius 2 is 2.10 bits per heavy atom. The Kier molecular flexibility index (Phi) is 2.43. The smallest absolute Gasteiger partial charge is 0.235 e. The molecule has 1 aromatic carbocycles. The SMILES string of the molecule is Cc1cccc(-c2nnc3sc(-c4ccco4)nn23)c1. The second kappa shape index (κ2) is 4.28. The van der Waals surface area contributed by atoms with Crippen molar-refractivity contribution in [3.8, 4) is 22.2 Å². The van der Waals surface area contributed by atoms with E-state index in [0.29, 0.717) is 0 Å². The van der Waals surface area contributed by atoms with Gasteiger partial charge in [-0.1, -0.05) is 35.1 Å². The van der Waals surface area contributed by atoms with Crippen LogP contribution in [-0.2, 0) is 0 Å². The first-order chi connectivity index (χ1) is 9.81. The van der Waals surface area contributed by atoms with Gasteiger partial charge in [0, 0.05) is 5.56 Å². The Morgan fingerprint density at radius 3 is 2.90 bits per heavy atom. The second-order valence-electron chi connectivity index (χ2n) is 4.47. The molecule has 0 aliphatic carbocycles. The van der Waals surface area contributed by atoms with Crippen molar-refractivity contribution in [3.63, 3.8) is 0 Å². The van der Waals surface area contributed by atoms with Gasteiger partial charge in [0.15, 0.2) is 16.6 Å². The lowest BCUT2D eigenvalue weighted by molar-refractivity contribution is 0.580. The van der Waals surface area contributed by atoms with Crippen molar-refractivity contribution in [1.82, 2.24) is 19.8 Å². The largest absolute Gasteiger partial charge is 0.462 e. The van der Waals surface area contributed by atoms with Crippen molar-refractivity contribution in [3.05, 3.63) is 48.2 Å². The van der Waals surface area contributed by atoms with Crippen LogP contribution in [0, 0.1) is 6.92 Å². The van der Waals surface area contributed by atoms with Crippen LogP contribution < -0.4 is 0 Å². The molecule has 0 aliphatic rings. The summed E-state index contributed by atoms with van der Waals surface area (Å²) < 4.78 is 7.13. The van der Waals surface area contributed by atoms with E-state index in [4.69, 9.17) is 4.42 Å². The summed E-state index contributed by atoms with van der Waals surface area (Å²) in [7, 11) is 0. The maximum atomic E-state index is 5.37. The van der Waals surface area contributed by atoms with Gasteiger partial charge in [0.05, 0.1) is 6.26 Å². The first-order valence-electron chi connectivity index (χ1n) is 6.14. The molecule has 0 saturated heterocycles. The second-order valence-corrected chi connectivity index (χ2v) is 5.43. The number of benzene rings is 1. The van der Waals surface area contributed by atoms with Gasteiger partial charge in [-0.05, 0) is 25.1 Å². The summed E-state index contributed by atoms with van der Waals surface area (Å²) in [5.74, 6) is 1.49. The van der Waals surface area contributed by atoms with Crippen LogP contribution in [0.1, 0.15) is 5.56 Å². The van der Waals surface area contributed by atoms with Gasteiger partial charge in [-0.25, -0.2) is 0 Å². The molecule has 0 saturated carbocycles. The van der Waals surface area contributed by atoms with Crippen molar-refractivity contribution >= 4 is 16.3 Å². The van der Waals surface area contributed by atoms with Crippen LogP contribution in [0.3, 0.4) is 0 Å². The van der Waals surface area contributed by atoms with E-state index < -0.39 is 0 Å². The van der Waals surface area contributed by atoms with E-state index in [9.17, 15) is 0 Å². The lowest BCUT2D eigenvalue weighted by Gasteiger charge is -1.98. The molecule has 0 N–H and O–H groups in total. The van der Waals surface area contributed by atoms with Crippen molar-refractivity contribution in [2.75, 3.05) is 0 Å². The number of rotatable bonds is 2. The number of fused-ring (bicyclic) bond motifs is 1. The summed E-state index contributed by atoms with van der Waals surface area (Å²) >= 11 is 1.46. The lowest BCUT2D eigenvalue weighted by atomic mass is 10.1. The van der Waals surface area contributed by atoms with Gasteiger partial charge in [-0.15, -0.1) is 15.3 Å². The molecule has 5 nitrogen and oxygen atoms in total. The summed E-state index contributed by atoms with van der Waals surface area (Å²) in [5, 5.41) is 13.7. The van der Waals surface area contributed by atoms with Gasteiger partial charge in [0.25, 0.3) is 0 Å². The fourth-order valence-electron chi connectivity index (χ4n) is 2.08. The van der Waals surface area contributed by atoms with Gasteiger partial charge < -0.3 is 4.42 Å². The predicted octanol–water partition coefficient (Wildman–Crippen LogP) is 3.42. The Balaban J connectivity index is 1.89.